The Morgan fingerprint density at radius 3 is 2.05 bits per heavy atom. The van der Waals surface area contributed by atoms with Crippen LogP contribution in [0.3, 0.4) is 0 Å². The van der Waals surface area contributed by atoms with Crippen molar-refractivity contribution in [1.29, 1.82) is 0 Å². The number of aromatic nitrogens is 1. The third kappa shape index (κ3) is 13.4. The molecule has 0 saturated carbocycles. The highest BCUT2D eigenvalue weighted by molar-refractivity contribution is 5.77. The van der Waals surface area contributed by atoms with E-state index in [1.807, 2.05) is 63.4 Å². The van der Waals surface area contributed by atoms with E-state index in [9.17, 15) is 14.7 Å². The smallest absolute Gasteiger partial charge is 0.220 e. The van der Waals surface area contributed by atoms with E-state index in [-0.39, 0.29) is 17.4 Å². The van der Waals surface area contributed by atoms with Gasteiger partial charge >= 0.3 is 0 Å². The first-order valence-corrected chi connectivity index (χ1v) is 15.8. The quantitative estimate of drug-likeness (QED) is 0.303. The van der Waals surface area contributed by atoms with Gasteiger partial charge in [0, 0.05) is 63.1 Å². The second-order valence-corrected chi connectivity index (χ2v) is 12.8. The Morgan fingerprint density at radius 2 is 1.52 bits per heavy atom. The number of aryl methyl sites for hydroxylation is 2. The maximum atomic E-state index is 11.8. The molecule has 238 valence electrons. The molecule has 1 saturated heterocycles. The largest absolute Gasteiger partial charge is 0.392 e. The molecule has 1 unspecified atom stereocenters. The Balaban J connectivity index is 0.000000267. The molecule has 2 amide bonds. The minimum absolute atomic E-state index is 0.0677. The average Bonchev–Trinajstić information content (AvgIpc) is 3.48. The van der Waals surface area contributed by atoms with Crippen LogP contribution in [0.15, 0.2) is 79.1 Å². The van der Waals surface area contributed by atoms with Gasteiger partial charge in [0.25, 0.3) is 0 Å². The number of β-amino-alcohol motifs (C(OH)–C–C–N with tert-alkyl or cyclic N) is 1. The second-order valence-electron chi connectivity index (χ2n) is 12.8. The van der Waals surface area contributed by atoms with E-state index in [4.69, 9.17) is 5.73 Å². The summed E-state index contributed by atoms with van der Waals surface area (Å²) in [6, 6.07) is 22.6. The van der Waals surface area contributed by atoms with Crippen LogP contribution in [0.4, 0.5) is 0 Å². The highest BCUT2D eigenvalue weighted by atomic mass is 16.3. The average molecular weight is 602 g/mol. The fourth-order valence-corrected chi connectivity index (χ4v) is 5.47. The molecule has 2 aromatic carbocycles. The van der Waals surface area contributed by atoms with E-state index in [1.54, 1.807) is 17.3 Å². The number of hydrogen-bond donors (Lipinski definition) is 3. The molecule has 2 atom stereocenters. The van der Waals surface area contributed by atoms with Gasteiger partial charge in [0.05, 0.1) is 6.10 Å². The highest BCUT2D eigenvalue weighted by Crippen LogP contribution is 2.20. The number of amides is 2. The molecular formula is C36H51N5O3. The number of pyridine rings is 1. The number of benzene rings is 2. The van der Waals surface area contributed by atoms with Crippen LogP contribution in [0.1, 0.15) is 55.9 Å². The Bertz CT molecular complexity index is 1220. The third-order valence-corrected chi connectivity index (χ3v) is 7.85. The van der Waals surface area contributed by atoms with Gasteiger partial charge < -0.3 is 16.2 Å². The van der Waals surface area contributed by atoms with Crippen LogP contribution in [0.2, 0.25) is 0 Å². The Labute approximate surface area is 263 Å². The molecule has 8 heteroatoms. The van der Waals surface area contributed by atoms with Crippen LogP contribution in [-0.4, -0.2) is 76.6 Å². The van der Waals surface area contributed by atoms with Crippen LogP contribution >= 0.6 is 0 Å². The van der Waals surface area contributed by atoms with Gasteiger partial charge in [-0.2, -0.15) is 0 Å². The van der Waals surface area contributed by atoms with Gasteiger partial charge in [-0.25, -0.2) is 0 Å². The van der Waals surface area contributed by atoms with Crippen molar-refractivity contribution in [3.05, 3.63) is 101 Å². The van der Waals surface area contributed by atoms with E-state index in [0.29, 0.717) is 25.8 Å². The maximum absolute atomic E-state index is 11.8. The number of nitrogens with one attached hydrogen (secondary N) is 1. The Morgan fingerprint density at radius 1 is 0.932 bits per heavy atom. The lowest BCUT2D eigenvalue weighted by Crippen LogP contribution is -2.48. The number of carbonyl (C=O) groups excluding carboxylic acids is 2. The van der Waals surface area contributed by atoms with Gasteiger partial charge in [0.1, 0.15) is 0 Å². The standard InChI is InChI=1S/C22H30N4O2.C9H10.C5H11NO/c23-22(28)20(13-18-5-2-1-3-6-18)14-21(27)17-26-11-9-25(10-12-26)16-19-7-4-8-24-15-19;1-2-5-9-7-3-6-8(9)4-1;1-5(2,3)6-4-7/h1-8,15,20-21,27H,9-14,16-17H2,(H2,23,28);1-2,4-5H,3,6-7H2;4H,1-3H3,(H,6,7)/t20?,21-;;/m0../s1. The predicted molar refractivity (Wildman–Crippen MR) is 177 cm³/mol. The van der Waals surface area contributed by atoms with Crippen LogP contribution in [0.25, 0.3) is 0 Å². The fourth-order valence-electron chi connectivity index (χ4n) is 5.47. The lowest BCUT2D eigenvalue weighted by atomic mass is 9.93. The summed E-state index contributed by atoms with van der Waals surface area (Å²) in [5.41, 5.74) is 10.9. The molecule has 44 heavy (non-hydrogen) atoms. The van der Waals surface area contributed by atoms with E-state index in [1.165, 1.54) is 24.8 Å². The summed E-state index contributed by atoms with van der Waals surface area (Å²) in [5.74, 6) is -0.687. The van der Waals surface area contributed by atoms with Crippen LogP contribution in [-0.2, 0) is 35.4 Å². The topological polar surface area (TPSA) is 112 Å². The van der Waals surface area contributed by atoms with Gasteiger partial charge in [-0.05, 0) is 81.2 Å². The van der Waals surface area contributed by atoms with Crippen molar-refractivity contribution >= 4 is 12.3 Å². The number of hydrogen-bond acceptors (Lipinski definition) is 6. The monoisotopic (exact) mass is 601 g/mol. The summed E-state index contributed by atoms with van der Waals surface area (Å²) in [4.78, 5) is 30.4. The zero-order chi connectivity index (χ0) is 31.8. The Kier molecular flexibility index (Phi) is 14.5. The number of primary amides is 1. The zero-order valence-electron chi connectivity index (χ0n) is 26.7. The van der Waals surface area contributed by atoms with Crippen LogP contribution in [0, 0.1) is 5.92 Å². The van der Waals surface area contributed by atoms with E-state index < -0.39 is 6.10 Å². The summed E-state index contributed by atoms with van der Waals surface area (Å²) in [7, 11) is 0. The molecule has 0 spiro atoms. The molecule has 0 bridgehead atoms. The molecule has 0 radical (unpaired) electrons. The molecule has 1 aliphatic heterocycles. The van der Waals surface area contributed by atoms with Gasteiger partial charge in [-0.1, -0.05) is 60.7 Å². The summed E-state index contributed by atoms with van der Waals surface area (Å²) in [6.07, 6.45) is 8.80. The third-order valence-electron chi connectivity index (χ3n) is 7.85. The van der Waals surface area contributed by atoms with Crippen molar-refractivity contribution in [2.24, 2.45) is 11.7 Å². The number of nitrogens with two attached hydrogens (primary N) is 1. The molecule has 2 aliphatic rings. The first-order chi connectivity index (χ1) is 21.1. The highest BCUT2D eigenvalue weighted by Gasteiger charge is 2.24. The number of nitrogens with zero attached hydrogens (tertiary/aromatic N) is 3. The fraction of sp³-hybridized carbons (Fsp3) is 0.472. The molecule has 1 aliphatic carbocycles. The number of fused-ring (bicyclic) bond motifs is 1. The molecule has 2 heterocycles. The van der Waals surface area contributed by atoms with E-state index in [2.05, 4.69) is 50.4 Å². The first-order valence-electron chi connectivity index (χ1n) is 15.8. The molecule has 1 fully saturated rings. The molecule has 8 nitrogen and oxygen atoms in total. The molecule has 1 aromatic heterocycles. The number of aliphatic hydroxyl groups excluding tert-OH is 1. The summed E-state index contributed by atoms with van der Waals surface area (Å²) < 4.78 is 0. The minimum atomic E-state index is -0.550. The van der Waals surface area contributed by atoms with Crippen LogP contribution < -0.4 is 11.1 Å². The number of aliphatic hydroxyl groups is 1. The van der Waals surface area contributed by atoms with Gasteiger partial charge in [0.15, 0.2) is 0 Å². The molecular weight excluding hydrogens is 550 g/mol. The second kappa shape index (κ2) is 18.3. The lowest BCUT2D eigenvalue weighted by Gasteiger charge is -2.35. The van der Waals surface area contributed by atoms with Gasteiger partial charge in [0.2, 0.25) is 12.3 Å². The van der Waals surface area contributed by atoms with Gasteiger partial charge in [-0.15, -0.1) is 0 Å². The molecule has 5 rings (SSSR count). The van der Waals surface area contributed by atoms with Gasteiger partial charge in [-0.3, -0.25) is 24.4 Å². The maximum Gasteiger partial charge on any atom is 0.220 e. The first kappa shape index (κ1) is 34.9. The lowest BCUT2D eigenvalue weighted by molar-refractivity contribution is -0.123. The van der Waals surface area contributed by atoms with E-state index >= 15 is 0 Å². The van der Waals surface area contributed by atoms with Crippen LogP contribution in [0.5, 0.6) is 0 Å². The van der Waals surface area contributed by atoms with Crippen molar-refractivity contribution in [1.82, 2.24) is 20.1 Å². The Hall–Kier alpha value is -3.59. The van der Waals surface area contributed by atoms with Crippen molar-refractivity contribution < 1.29 is 14.7 Å². The summed E-state index contributed by atoms with van der Waals surface area (Å²) in [5, 5.41) is 13.1. The van der Waals surface area contributed by atoms with Crippen molar-refractivity contribution in [2.45, 2.75) is 71.1 Å². The number of rotatable bonds is 10. The number of piperazine rings is 1. The molecule has 3 aromatic rings. The van der Waals surface area contributed by atoms with Crippen molar-refractivity contribution in [3.8, 4) is 0 Å². The zero-order valence-corrected chi connectivity index (χ0v) is 26.7. The summed E-state index contributed by atoms with van der Waals surface area (Å²) >= 11 is 0. The number of carbonyl (C=O) groups is 2. The van der Waals surface area contributed by atoms with Crippen molar-refractivity contribution in [2.75, 3.05) is 32.7 Å². The summed E-state index contributed by atoms with van der Waals surface area (Å²) in [6.45, 7) is 11.0. The van der Waals surface area contributed by atoms with Crippen molar-refractivity contribution in [3.63, 3.8) is 0 Å². The minimum Gasteiger partial charge on any atom is -0.392 e. The molecule has 4 N–H and O–H groups in total. The predicted octanol–water partition coefficient (Wildman–Crippen LogP) is 4.00. The normalized spacial score (nSPS) is 16.3. The van der Waals surface area contributed by atoms with E-state index in [0.717, 1.165) is 38.3 Å². The SMILES string of the molecule is CC(C)(C)NC=O.NC(=O)C(Cc1ccccc1)C[C@H](O)CN1CCN(Cc2cccnc2)CC1.c1ccc2c(c1)CCC2.